The summed E-state index contributed by atoms with van der Waals surface area (Å²) in [5.74, 6) is -1.61. The van der Waals surface area contributed by atoms with Crippen LogP contribution in [0.5, 0.6) is 0 Å². The molecule has 1 aromatic rings. The number of benzene rings is 1. The molecule has 2 rings (SSSR count). The highest BCUT2D eigenvalue weighted by molar-refractivity contribution is 8.00. The lowest BCUT2D eigenvalue weighted by molar-refractivity contribution is -0.140. The van der Waals surface area contributed by atoms with Crippen molar-refractivity contribution in [3.63, 3.8) is 0 Å². The Bertz CT molecular complexity index is 584. The van der Waals surface area contributed by atoms with Gasteiger partial charge in [0.15, 0.2) is 0 Å². The normalized spacial score (nSPS) is 18.8. The first-order valence-corrected chi connectivity index (χ1v) is 6.51. The van der Waals surface area contributed by atoms with E-state index in [4.69, 9.17) is 28.3 Å². The topological polar surface area (TPSA) is 37.3 Å². The smallest absolute Gasteiger partial charge is 0.405 e. The predicted octanol–water partition coefficient (Wildman–Crippen LogP) is 4.50. The van der Waals surface area contributed by atoms with Crippen LogP contribution in [0.3, 0.4) is 0 Å². The fourth-order valence-corrected chi connectivity index (χ4v) is 3.39. The molecular formula is C11H5Cl2F3O2S. The Kier molecular flexibility index (Phi) is 3.77. The SMILES string of the molecule is O=C(O)C1=Cc2cc(Cl)cc(Cl)c2SC1C(F)(F)F. The third-order valence-corrected chi connectivity index (χ3v) is 4.49. The minimum absolute atomic E-state index is 0.0717. The van der Waals surface area contributed by atoms with Crippen LogP contribution in [0.15, 0.2) is 22.6 Å². The Balaban J connectivity index is 2.61. The van der Waals surface area contributed by atoms with Gasteiger partial charge in [-0.3, -0.25) is 0 Å². The molecule has 0 saturated carbocycles. The molecule has 0 aliphatic carbocycles. The van der Waals surface area contributed by atoms with Crippen LogP contribution in [0, 0.1) is 0 Å². The Hall–Kier alpha value is -0.850. The van der Waals surface area contributed by atoms with Gasteiger partial charge in [-0.15, -0.1) is 11.8 Å². The van der Waals surface area contributed by atoms with Gasteiger partial charge < -0.3 is 5.11 Å². The maximum atomic E-state index is 12.9. The fraction of sp³-hybridized carbons (Fsp3) is 0.182. The second kappa shape index (κ2) is 4.92. The predicted molar refractivity (Wildman–Crippen MR) is 67.8 cm³/mol. The number of carbonyl (C=O) groups is 1. The van der Waals surface area contributed by atoms with Gasteiger partial charge in [-0.1, -0.05) is 23.2 Å². The first-order chi connectivity index (χ1) is 8.70. The van der Waals surface area contributed by atoms with E-state index in [1.165, 1.54) is 12.1 Å². The molecule has 1 heterocycles. The highest BCUT2D eigenvalue weighted by Crippen LogP contribution is 2.48. The first-order valence-electron chi connectivity index (χ1n) is 4.87. The summed E-state index contributed by atoms with van der Waals surface area (Å²) >= 11 is 12.0. The van der Waals surface area contributed by atoms with Gasteiger partial charge in [0.05, 0.1) is 10.6 Å². The van der Waals surface area contributed by atoms with Crippen LogP contribution in [-0.4, -0.2) is 22.5 Å². The number of carboxylic acid groups (broad SMARTS) is 1. The molecule has 0 fully saturated rings. The zero-order valence-electron chi connectivity index (χ0n) is 8.96. The summed E-state index contributed by atoms with van der Waals surface area (Å²) in [4.78, 5) is 11.1. The van der Waals surface area contributed by atoms with E-state index in [1.807, 2.05) is 0 Å². The number of aliphatic carboxylic acids is 1. The number of fused-ring (bicyclic) bond motifs is 1. The summed E-state index contributed by atoms with van der Waals surface area (Å²) < 4.78 is 38.6. The summed E-state index contributed by atoms with van der Waals surface area (Å²) in [6.45, 7) is 0. The number of hydrogen-bond acceptors (Lipinski definition) is 2. The summed E-state index contributed by atoms with van der Waals surface area (Å²) in [7, 11) is 0. The van der Waals surface area contributed by atoms with E-state index in [9.17, 15) is 18.0 Å². The molecular weight excluding hydrogens is 324 g/mol. The number of rotatable bonds is 1. The van der Waals surface area contributed by atoms with Crippen LogP contribution in [0.25, 0.3) is 6.08 Å². The Morgan fingerprint density at radius 1 is 1.32 bits per heavy atom. The van der Waals surface area contributed by atoms with Crippen molar-refractivity contribution in [3.8, 4) is 0 Å². The molecule has 1 atom stereocenters. The molecule has 0 amide bonds. The van der Waals surface area contributed by atoms with Crippen molar-refractivity contribution in [1.82, 2.24) is 0 Å². The molecule has 8 heteroatoms. The van der Waals surface area contributed by atoms with Gasteiger partial charge in [0.2, 0.25) is 0 Å². The van der Waals surface area contributed by atoms with Crippen molar-refractivity contribution in [3.05, 3.63) is 33.3 Å². The molecule has 19 heavy (non-hydrogen) atoms. The van der Waals surface area contributed by atoms with Gasteiger partial charge in [-0.25, -0.2) is 4.79 Å². The number of carboxylic acids is 1. The quantitative estimate of drug-likeness (QED) is 0.824. The standard InChI is InChI=1S/C11H5Cl2F3O2S/c12-5-1-4-2-6(10(17)18)9(11(14,15)16)19-8(4)7(13)3-5/h1-3,9H,(H,17,18). The molecule has 0 spiro atoms. The molecule has 0 saturated heterocycles. The van der Waals surface area contributed by atoms with E-state index in [0.29, 0.717) is 11.8 Å². The lowest BCUT2D eigenvalue weighted by Crippen LogP contribution is -2.32. The number of hydrogen-bond donors (Lipinski definition) is 1. The molecule has 1 aromatic carbocycles. The van der Waals surface area contributed by atoms with Crippen molar-refractivity contribution < 1.29 is 23.1 Å². The fourth-order valence-electron chi connectivity index (χ4n) is 1.65. The third-order valence-electron chi connectivity index (χ3n) is 2.41. The minimum atomic E-state index is -4.67. The van der Waals surface area contributed by atoms with E-state index in [0.717, 1.165) is 6.08 Å². The van der Waals surface area contributed by atoms with E-state index in [-0.39, 0.29) is 20.5 Å². The molecule has 102 valence electrons. The lowest BCUT2D eigenvalue weighted by Gasteiger charge is -2.26. The Morgan fingerprint density at radius 2 is 1.95 bits per heavy atom. The van der Waals surface area contributed by atoms with Crippen molar-refractivity contribution in [2.45, 2.75) is 16.3 Å². The highest BCUT2D eigenvalue weighted by atomic mass is 35.5. The Labute approximate surface area is 120 Å². The van der Waals surface area contributed by atoms with Crippen molar-refractivity contribution >= 4 is 47.0 Å². The average Bonchev–Trinajstić information content (AvgIpc) is 2.25. The summed E-state index contributed by atoms with van der Waals surface area (Å²) in [6, 6.07) is 2.70. The van der Waals surface area contributed by atoms with Gasteiger partial charge in [-0.2, -0.15) is 13.2 Å². The van der Waals surface area contributed by atoms with Crippen molar-refractivity contribution in [2.24, 2.45) is 0 Å². The van der Waals surface area contributed by atoms with E-state index >= 15 is 0 Å². The van der Waals surface area contributed by atoms with Crippen LogP contribution in [-0.2, 0) is 4.79 Å². The van der Waals surface area contributed by atoms with E-state index < -0.39 is 23.0 Å². The molecule has 0 radical (unpaired) electrons. The minimum Gasteiger partial charge on any atom is -0.478 e. The molecule has 0 aromatic heterocycles. The van der Waals surface area contributed by atoms with E-state index in [2.05, 4.69) is 0 Å². The molecule has 2 nitrogen and oxygen atoms in total. The summed E-state index contributed by atoms with van der Waals surface area (Å²) in [6.07, 6.45) is -3.71. The summed E-state index contributed by atoms with van der Waals surface area (Å²) in [5.41, 5.74) is -0.455. The molecule has 1 N–H and O–H groups in total. The molecule has 1 unspecified atom stereocenters. The lowest BCUT2D eigenvalue weighted by atomic mass is 10.1. The molecule has 1 aliphatic heterocycles. The highest BCUT2D eigenvalue weighted by Gasteiger charge is 2.47. The van der Waals surface area contributed by atoms with Crippen LogP contribution in [0.2, 0.25) is 10.0 Å². The molecule has 1 aliphatic rings. The largest absolute Gasteiger partial charge is 0.478 e. The van der Waals surface area contributed by atoms with Crippen molar-refractivity contribution in [1.29, 1.82) is 0 Å². The van der Waals surface area contributed by atoms with Crippen LogP contribution in [0.1, 0.15) is 5.56 Å². The van der Waals surface area contributed by atoms with Gasteiger partial charge in [0, 0.05) is 9.92 Å². The average molecular weight is 329 g/mol. The first kappa shape index (κ1) is 14.6. The second-order valence-corrected chi connectivity index (χ2v) is 5.71. The number of thioether (sulfide) groups is 1. The van der Waals surface area contributed by atoms with Gasteiger partial charge in [0.1, 0.15) is 5.25 Å². The van der Waals surface area contributed by atoms with Crippen molar-refractivity contribution in [2.75, 3.05) is 0 Å². The Morgan fingerprint density at radius 3 is 2.47 bits per heavy atom. The van der Waals surface area contributed by atoms with Crippen LogP contribution in [0.4, 0.5) is 13.2 Å². The second-order valence-electron chi connectivity index (χ2n) is 3.75. The van der Waals surface area contributed by atoms with E-state index in [1.54, 1.807) is 0 Å². The maximum Gasteiger partial charge on any atom is 0.405 e. The zero-order chi connectivity index (χ0) is 14.4. The summed E-state index contributed by atoms with van der Waals surface area (Å²) in [5, 5.41) is 7.05. The van der Waals surface area contributed by atoms with Gasteiger partial charge in [0.25, 0.3) is 0 Å². The van der Waals surface area contributed by atoms with Gasteiger partial charge in [-0.05, 0) is 23.8 Å². The molecule has 0 bridgehead atoms. The van der Waals surface area contributed by atoms with Crippen LogP contribution < -0.4 is 0 Å². The third kappa shape index (κ3) is 2.85. The zero-order valence-corrected chi connectivity index (χ0v) is 11.3. The number of alkyl halides is 3. The maximum absolute atomic E-state index is 12.9. The monoisotopic (exact) mass is 328 g/mol. The van der Waals surface area contributed by atoms with Crippen LogP contribution >= 0.6 is 35.0 Å². The number of halogens is 5. The van der Waals surface area contributed by atoms with Gasteiger partial charge >= 0.3 is 12.1 Å².